The van der Waals surface area contributed by atoms with Gasteiger partial charge in [-0.1, -0.05) is 0 Å². The molecule has 1 aromatic carbocycles. The van der Waals surface area contributed by atoms with E-state index < -0.39 is 15.0 Å². The van der Waals surface area contributed by atoms with Crippen LogP contribution in [0.25, 0.3) is 0 Å². The van der Waals surface area contributed by atoms with Crippen LogP contribution in [0.2, 0.25) is 0 Å². The van der Waals surface area contributed by atoms with Crippen molar-refractivity contribution < 1.29 is 4.74 Å². The third kappa shape index (κ3) is 2.84. The molecule has 0 N–H and O–H groups in total. The number of hydrogen-bond donors (Lipinski definition) is 0. The van der Waals surface area contributed by atoms with Crippen LogP contribution in [-0.4, -0.2) is 22.1 Å². The van der Waals surface area contributed by atoms with E-state index in [1.807, 2.05) is 26.0 Å². The molecular weight excluding hydrogens is 349 g/mol. The second kappa shape index (κ2) is 4.69. The second-order valence-electron chi connectivity index (χ2n) is 3.16. The van der Waals surface area contributed by atoms with Crippen molar-refractivity contribution in [3.63, 3.8) is 0 Å². The van der Waals surface area contributed by atoms with E-state index in [0.717, 1.165) is 20.5 Å². The number of benzene rings is 1. The monoisotopic (exact) mass is 360 g/mol. The Labute approximate surface area is 99.3 Å². The Morgan fingerprint density at radius 2 is 1.71 bits per heavy atom. The van der Waals surface area contributed by atoms with Crippen molar-refractivity contribution in [2.45, 2.75) is 13.8 Å². The van der Waals surface area contributed by atoms with Crippen LogP contribution in [0.4, 0.5) is 0 Å². The van der Waals surface area contributed by atoms with Gasteiger partial charge in [0, 0.05) is 0 Å². The molecule has 78 valence electrons. The molecule has 0 fully saturated rings. The quantitative estimate of drug-likeness (QED) is 0.737. The summed E-state index contributed by atoms with van der Waals surface area (Å²) in [6, 6.07) is 3.93. The van der Waals surface area contributed by atoms with E-state index in [0.29, 0.717) is 0 Å². The average molecular weight is 360 g/mol. The summed E-state index contributed by atoms with van der Waals surface area (Å²) in [6.45, 7) is 3.94. The molecule has 1 nitrogen and oxygen atoms in total. The van der Waals surface area contributed by atoms with Crippen LogP contribution in [0.5, 0.6) is 5.75 Å². The van der Waals surface area contributed by atoms with Crippen molar-refractivity contribution in [3.05, 3.63) is 23.3 Å². The minimum absolute atomic E-state index is 0.728. The van der Waals surface area contributed by atoms with Crippen LogP contribution < -0.4 is 8.32 Å². The molecule has 0 unspecified atom stereocenters. The molecule has 5 heteroatoms. The number of hydrogen-bond acceptors (Lipinski definition) is 1. The maximum atomic E-state index is 6.05. The van der Waals surface area contributed by atoms with E-state index >= 15 is 0 Å². The van der Waals surface area contributed by atoms with Crippen LogP contribution in [0.15, 0.2) is 12.1 Å². The molecule has 1 rings (SSSR count). The van der Waals surface area contributed by atoms with Gasteiger partial charge in [0.05, 0.1) is 0 Å². The molecule has 0 saturated carbocycles. The van der Waals surface area contributed by atoms with E-state index in [2.05, 4.69) is 0 Å². The summed E-state index contributed by atoms with van der Waals surface area (Å²) in [5.74, 6) is 0.728. The molecule has 0 radical (unpaired) electrons. The van der Waals surface area contributed by atoms with E-state index in [1.165, 1.54) is 0 Å². The fourth-order valence-corrected chi connectivity index (χ4v) is 6.97. The van der Waals surface area contributed by atoms with E-state index in [9.17, 15) is 0 Å². The Hall–Kier alpha value is 0.689. The van der Waals surface area contributed by atoms with Gasteiger partial charge in [0.25, 0.3) is 0 Å². The predicted molar refractivity (Wildman–Crippen MR) is 65.4 cm³/mol. The number of rotatable bonds is 2. The fourth-order valence-electron chi connectivity index (χ4n) is 1.44. The number of ether oxygens (including phenoxy) is 1. The van der Waals surface area contributed by atoms with Gasteiger partial charge in [-0.3, -0.25) is 0 Å². The van der Waals surface area contributed by atoms with Gasteiger partial charge in [0.1, 0.15) is 0 Å². The first-order valence-corrected chi connectivity index (χ1v) is 16.4. The Kier molecular flexibility index (Phi) is 4.27. The molecule has 0 heterocycles. The SMILES string of the molecule is COc1c(C)cc(C)c[c]1[Sn]([Cl])([Cl])[Cl]. The van der Waals surface area contributed by atoms with Crippen LogP contribution in [0, 0.1) is 13.8 Å². The van der Waals surface area contributed by atoms with Crippen molar-refractivity contribution in [1.82, 2.24) is 0 Å². The minimum atomic E-state index is -3.60. The van der Waals surface area contributed by atoms with Gasteiger partial charge < -0.3 is 0 Å². The Bertz CT molecular complexity index is 347. The van der Waals surface area contributed by atoms with E-state index in [4.69, 9.17) is 31.5 Å². The molecule has 0 aliphatic carbocycles. The summed E-state index contributed by atoms with van der Waals surface area (Å²) in [5, 5.41) is 0. The van der Waals surface area contributed by atoms with Gasteiger partial charge in [-0.15, -0.1) is 0 Å². The van der Waals surface area contributed by atoms with Gasteiger partial charge in [0.2, 0.25) is 0 Å². The summed E-state index contributed by atoms with van der Waals surface area (Å²) >= 11 is -3.60. The molecule has 14 heavy (non-hydrogen) atoms. The van der Waals surface area contributed by atoms with Crippen LogP contribution >= 0.6 is 26.8 Å². The zero-order valence-corrected chi connectivity index (χ0v) is 13.3. The third-order valence-electron chi connectivity index (χ3n) is 1.93. The molecule has 0 bridgehead atoms. The Morgan fingerprint density at radius 3 is 2.14 bits per heavy atom. The topological polar surface area (TPSA) is 9.23 Å². The molecule has 0 amide bonds. The molecule has 0 spiro atoms. The molecule has 0 atom stereocenters. The fraction of sp³-hybridized carbons (Fsp3) is 0.333. The first-order chi connectivity index (χ1) is 6.36. The predicted octanol–water partition coefficient (Wildman–Crippen LogP) is 3.17. The van der Waals surface area contributed by atoms with Gasteiger partial charge in [-0.2, -0.15) is 0 Å². The Balaban J connectivity index is 3.40. The van der Waals surface area contributed by atoms with Crippen LogP contribution in [0.1, 0.15) is 11.1 Å². The summed E-state index contributed by atoms with van der Waals surface area (Å²) in [5.41, 5.74) is 2.12. The average Bonchev–Trinajstić information content (AvgIpc) is 2.01. The van der Waals surface area contributed by atoms with Crippen molar-refractivity contribution >= 4 is 45.3 Å². The normalized spacial score (nSPS) is 11.6. The third-order valence-corrected chi connectivity index (χ3v) is 8.83. The summed E-state index contributed by atoms with van der Waals surface area (Å²) in [6.07, 6.45) is 0. The first kappa shape index (κ1) is 12.8. The Morgan fingerprint density at radius 1 is 1.14 bits per heavy atom. The molecule has 1 aromatic rings. The van der Waals surface area contributed by atoms with Crippen molar-refractivity contribution in [1.29, 1.82) is 0 Å². The molecule has 0 aliphatic heterocycles. The first-order valence-electron chi connectivity index (χ1n) is 4.08. The zero-order valence-electron chi connectivity index (χ0n) is 8.20. The van der Waals surface area contributed by atoms with E-state index in [-0.39, 0.29) is 0 Å². The molecule has 0 aromatic heterocycles. The zero-order chi connectivity index (χ0) is 10.9. The second-order valence-corrected chi connectivity index (χ2v) is 22.8. The summed E-state index contributed by atoms with van der Waals surface area (Å²) in [4.78, 5) is 0. The number of halogens is 3. The van der Waals surface area contributed by atoms with Crippen LogP contribution in [0.3, 0.4) is 0 Å². The summed E-state index contributed by atoms with van der Waals surface area (Å²) < 4.78 is 6.05. The summed E-state index contributed by atoms with van der Waals surface area (Å²) in [7, 11) is 19.7. The van der Waals surface area contributed by atoms with Crippen LogP contribution in [-0.2, 0) is 0 Å². The van der Waals surface area contributed by atoms with Gasteiger partial charge in [0.15, 0.2) is 0 Å². The maximum absolute atomic E-state index is 6.05. The standard InChI is InChI=1S/C9H11O.3ClH.Sn/c1-7-4-5-9(10-3)8(2)6-7;;;;/h4,6H,1-3H3;3*1H;/q;;;;+3/p-3. The number of methoxy groups -OCH3 is 1. The van der Waals surface area contributed by atoms with Gasteiger partial charge in [-0.25, -0.2) is 0 Å². The van der Waals surface area contributed by atoms with E-state index in [1.54, 1.807) is 7.11 Å². The van der Waals surface area contributed by atoms with Gasteiger partial charge >= 0.3 is 100 Å². The molecular formula is C9H11Cl3OSn. The number of aryl methyl sites for hydroxylation is 2. The van der Waals surface area contributed by atoms with Crippen molar-refractivity contribution in [2.24, 2.45) is 0 Å². The van der Waals surface area contributed by atoms with Crippen molar-refractivity contribution in [2.75, 3.05) is 7.11 Å². The van der Waals surface area contributed by atoms with Gasteiger partial charge in [-0.05, 0) is 0 Å². The van der Waals surface area contributed by atoms with Crippen molar-refractivity contribution in [3.8, 4) is 5.75 Å². The molecule has 0 aliphatic rings. The molecule has 0 saturated heterocycles.